The van der Waals surface area contributed by atoms with Gasteiger partial charge in [-0.05, 0) is 45.9 Å². The molecule has 1 heterocycles. The van der Waals surface area contributed by atoms with E-state index >= 15 is 0 Å². The minimum atomic E-state index is -0.516. The highest BCUT2D eigenvalue weighted by Crippen LogP contribution is 2.39. The van der Waals surface area contributed by atoms with Crippen molar-refractivity contribution in [2.24, 2.45) is 5.73 Å². The standard InChI is InChI=1S/C22H28Cl2N4O2S/c1-12(2)6-15(7-14(5)26-13(3)4)21-27-28-22(31-21)16-8-18(23)20(19(24)9-16)30-11-17(25)10-29/h6-9,13,17,26,29H,5,10-11,25H2,1-4H3/b15-7+. The molecule has 1 unspecified atom stereocenters. The lowest BCUT2D eigenvalue weighted by Gasteiger charge is -2.13. The molecule has 0 radical (unpaired) electrons. The molecular formula is C22H28Cl2N4O2S. The van der Waals surface area contributed by atoms with Gasteiger partial charge in [0.25, 0.3) is 0 Å². The van der Waals surface area contributed by atoms with Crippen molar-refractivity contribution < 1.29 is 9.84 Å². The molecule has 0 spiro atoms. The molecule has 1 aromatic heterocycles. The van der Waals surface area contributed by atoms with Gasteiger partial charge in [-0.2, -0.15) is 0 Å². The highest BCUT2D eigenvalue weighted by molar-refractivity contribution is 7.15. The van der Waals surface area contributed by atoms with Gasteiger partial charge in [0.05, 0.1) is 22.7 Å². The third-order valence-corrected chi connectivity index (χ3v) is 5.42. The maximum absolute atomic E-state index is 9.04. The predicted molar refractivity (Wildman–Crippen MR) is 131 cm³/mol. The number of hydrogen-bond acceptors (Lipinski definition) is 7. The van der Waals surface area contributed by atoms with E-state index in [0.717, 1.165) is 27.4 Å². The summed E-state index contributed by atoms with van der Waals surface area (Å²) in [5.41, 5.74) is 9.25. The van der Waals surface area contributed by atoms with E-state index in [1.54, 1.807) is 12.1 Å². The lowest BCUT2D eigenvalue weighted by Crippen LogP contribution is -2.31. The minimum absolute atomic E-state index is 0.101. The molecule has 168 valence electrons. The number of nitrogens with one attached hydrogen (secondary N) is 1. The van der Waals surface area contributed by atoms with Crippen LogP contribution in [-0.2, 0) is 0 Å². The number of allylic oxidation sites excluding steroid dienone is 4. The van der Waals surface area contributed by atoms with Crippen LogP contribution in [0.2, 0.25) is 10.0 Å². The van der Waals surface area contributed by atoms with Gasteiger partial charge in [-0.3, -0.25) is 0 Å². The second kappa shape index (κ2) is 11.6. The van der Waals surface area contributed by atoms with Crippen LogP contribution in [-0.4, -0.2) is 40.6 Å². The molecule has 0 saturated heterocycles. The molecule has 0 aliphatic carbocycles. The molecule has 1 aromatic carbocycles. The summed E-state index contributed by atoms with van der Waals surface area (Å²) in [4.78, 5) is 0. The third kappa shape index (κ3) is 7.63. The van der Waals surface area contributed by atoms with E-state index in [9.17, 15) is 0 Å². The summed E-state index contributed by atoms with van der Waals surface area (Å²) in [5.74, 6) is 0.321. The van der Waals surface area contributed by atoms with Crippen molar-refractivity contribution in [1.29, 1.82) is 0 Å². The molecule has 0 aliphatic heterocycles. The van der Waals surface area contributed by atoms with Gasteiger partial charge in [0, 0.05) is 22.9 Å². The fraction of sp³-hybridized carbons (Fsp3) is 0.364. The van der Waals surface area contributed by atoms with E-state index < -0.39 is 6.04 Å². The van der Waals surface area contributed by atoms with E-state index in [1.807, 2.05) is 26.0 Å². The number of aromatic nitrogens is 2. The Hall–Kier alpha value is -1.90. The van der Waals surface area contributed by atoms with Gasteiger partial charge in [0.15, 0.2) is 5.75 Å². The average Bonchev–Trinajstić information content (AvgIpc) is 3.15. The fourth-order valence-electron chi connectivity index (χ4n) is 2.60. The molecule has 9 heteroatoms. The molecule has 0 bridgehead atoms. The Morgan fingerprint density at radius 3 is 2.45 bits per heavy atom. The molecule has 0 fully saturated rings. The van der Waals surface area contributed by atoms with Crippen molar-refractivity contribution in [1.82, 2.24) is 15.5 Å². The molecule has 1 atom stereocenters. The molecule has 2 rings (SSSR count). The number of rotatable bonds is 10. The van der Waals surface area contributed by atoms with Gasteiger partial charge in [0.1, 0.15) is 16.6 Å². The van der Waals surface area contributed by atoms with Crippen LogP contribution in [0, 0.1) is 0 Å². The number of ether oxygens (including phenoxy) is 1. The smallest absolute Gasteiger partial charge is 0.156 e. The van der Waals surface area contributed by atoms with Gasteiger partial charge in [-0.25, -0.2) is 0 Å². The second-order valence-electron chi connectivity index (χ2n) is 7.58. The third-order valence-electron chi connectivity index (χ3n) is 3.84. The highest BCUT2D eigenvalue weighted by Gasteiger charge is 2.16. The first kappa shape index (κ1) is 25.4. The van der Waals surface area contributed by atoms with Crippen LogP contribution in [0.25, 0.3) is 16.1 Å². The number of halogens is 2. The summed E-state index contributed by atoms with van der Waals surface area (Å²) in [7, 11) is 0. The second-order valence-corrected chi connectivity index (χ2v) is 9.37. The quantitative estimate of drug-likeness (QED) is 0.409. The van der Waals surface area contributed by atoms with E-state index in [-0.39, 0.29) is 19.3 Å². The summed E-state index contributed by atoms with van der Waals surface area (Å²) >= 11 is 14.2. The van der Waals surface area contributed by atoms with E-state index in [1.165, 1.54) is 11.3 Å². The summed E-state index contributed by atoms with van der Waals surface area (Å²) in [5, 5.41) is 23.1. The summed E-state index contributed by atoms with van der Waals surface area (Å²) in [6.07, 6.45) is 4.00. The lowest BCUT2D eigenvalue weighted by atomic mass is 10.1. The maximum Gasteiger partial charge on any atom is 0.156 e. The lowest BCUT2D eigenvalue weighted by molar-refractivity contribution is 0.207. The molecule has 31 heavy (non-hydrogen) atoms. The molecule has 6 nitrogen and oxygen atoms in total. The number of nitrogens with two attached hydrogens (primary N) is 1. The normalized spacial score (nSPS) is 12.6. The van der Waals surface area contributed by atoms with Gasteiger partial charge < -0.3 is 20.9 Å². The summed E-state index contributed by atoms with van der Waals surface area (Å²) in [6, 6.07) is 3.21. The Morgan fingerprint density at radius 2 is 1.90 bits per heavy atom. The Kier molecular flexibility index (Phi) is 9.53. The van der Waals surface area contributed by atoms with Gasteiger partial charge in [0.2, 0.25) is 0 Å². The Bertz CT molecular complexity index is 959. The molecule has 2 aromatic rings. The minimum Gasteiger partial charge on any atom is -0.489 e. The first-order chi connectivity index (χ1) is 14.6. The number of nitrogens with zero attached hydrogens (tertiary/aromatic N) is 2. The summed E-state index contributed by atoms with van der Waals surface area (Å²) in [6.45, 7) is 12.1. The number of aliphatic hydroxyl groups is 1. The van der Waals surface area contributed by atoms with Crippen LogP contribution in [0.5, 0.6) is 5.75 Å². The van der Waals surface area contributed by atoms with Crippen LogP contribution >= 0.6 is 34.5 Å². The monoisotopic (exact) mass is 482 g/mol. The fourth-order valence-corrected chi connectivity index (χ4v) is 4.01. The van der Waals surface area contributed by atoms with Gasteiger partial charge in [-0.1, -0.05) is 52.8 Å². The zero-order valence-corrected chi connectivity index (χ0v) is 20.4. The zero-order valence-electron chi connectivity index (χ0n) is 18.1. The molecule has 0 amide bonds. The molecule has 0 aliphatic rings. The van der Waals surface area contributed by atoms with Crippen molar-refractivity contribution in [3.8, 4) is 16.3 Å². The first-order valence-corrected chi connectivity index (χ1v) is 11.3. The van der Waals surface area contributed by atoms with Gasteiger partial charge in [-0.15, -0.1) is 10.2 Å². The van der Waals surface area contributed by atoms with Crippen molar-refractivity contribution in [2.45, 2.75) is 39.8 Å². The van der Waals surface area contributed by atoms with E-state index in [2.05, 4.69) is 35.9 Å². The van der Waals surface area contributed by atoms with E-state index in [0.29, 0.717) is 20.8 Å². The largest absolute Gasteiger partial charge is 0.489 e. The van der Waals surface area contributed by atoms with Crippen LogP contribution in [0.4, 0.5) is 0 Å². The van der Waals surface area contributed by atoms with Crippen LogP contribution in [0.3, 0.4) is 0 Å². The Labute approximate surface area is 197 Å². The number of hydrogen-bond donors (Lipinski definition) is 3. The number of benzene rings is 1. The Balaban J connectivity index is 2.34. The number of aliphatic hydroxyl groups excluding tert-OH is 1. The topological polar surface area (TPSA) is 93.3 Å². The molecular weight excluding hydrogens is 455 g/mol. The van der Waals surface area contributed by atoms with Crippen LogP contribution < -0.4 is 15.8 Å². The first-order valence-electron chi connectivity index (χ1n) is 9.75. The predicted octanol–water partition coefficient (Wildman–Crippen LogP) is 5.07. The zero-order chi connectivity index (χ0) is 23.1. The van der Waals surface area contributed by atoms with Crippen molar-refractivity contribution in [2.75, 3.05) is 13.2 Å². The maximum atomic E-state index is 9.04. The van der Waals surface area contributed by atoms with Crippen LogP contribution in [0.15, 0.2) is 42.1 Å². The van der Waals surface area contributed by atoms with Crippen molar-refractivity contribution in [3.63, 3.8) is 0 Å². The molecule has 0 saturated carbocycles. The Morgan fingerprint density at radius 1 is 1.26 bits per heavy atom. The van der Waals surface area contributed by atoms with Gasteiger partial charge >= 0.3 is 0 Å². The molecule has 4 N–H and O–H groups in total. The van der Waals surface area contributed by atoms with E-state index in [4.69, 9.17) is 38.8 Å². The van der Waals surface area contributed by atoms with Crippen molar-refractivity contribution >= 4 is 40.1 Å². The average molecular weight is 483 g/mol. The van der Waals surface area contributed by atoms with Crippen LogP contribution in [0.1, 0.15) is 32.7 Å². The SMILES string of the molecule is C=C(/C=C(\C=C(C)C)c1nnc(-c2cc(Cl)c(OCC(N)CO)c(Cl)c2)s1)NC(C)C. The summed E-state index contributed by atoms with van der Waals surface area (Å²) < 4.78 is 5.56. The highest BCUT2D eigenvalue weighted by atomic mass is 35.5. The van der Waals surface area contributed by atoms with Crippen molar-refractivity contribution in [3.05, 3.63) is 57.2 Å².